The van der Waals surface area contributed by atoms with E-state index in [4.69, 9.17) is 10.5 Å². The maximum Gasteiger partial charge on any atom is 0.201 e. The van der Waals surface area contributed by atoms with E-state index >= 15 is 0 Å². The number of fused-ring (bicyclic) bond motifs is 1. The molecule has 0 amide bonds. The van der Waals surface area contributed by atoms with Gasteiger partial charge in [0.2, 0.25) is 5.95 Å². The second kappa shape index (κ2) is 4.55. The van der Waals surface area contributed by atoms with E-state index in [1.54, 1.807) is 0 Å². The highest BCUT2D eigenvalue weighted by molar-refractivity contribution is 9.10. The second-order valence-electron chi connectivity index (χ2n) is 4.77. The number of anilines is 1. The van der Waals surface area contributed by atoms with E-state index in [0.717, 1.165) is 35.0 Å². The molecule has 2 unspecified atom stereocenters. The molecule has 96 valence electrons. The van der Waals surface area contributed by atoms with Gasteiger partial charge in [0, 0.05) is 11.1 Å². The van der Waals surface area contributed by atoms with Crippen LogP contribution in [0.3, 0.4) is 0 Å². The van der Waals surface area contributed by atoms with Gasteiger partial charge in [0.1, 0.15) is 0 Å². The molecule has 0 bridgehead atoms. The predicted molar refractivity (Wildman–Crippen MR) is 75.5 cm³/mol. The van der Waals surface area contributed by atoms with Crippen LogP contribution in [0.25, 0.3) is 11.0 Å². The lowest BCUT2D eigenvalue weighted by Crippen LogP contribution is -2.22. The minimum atomic E-state index is 0.221. The Morgan fingerprint density at radius 1 is 1.56 bits per heavy atom. The molecule has 2 heterocycles. The van der Waals surface area contributed by atoms with Gasteiger partial charge in [-0.15, -0.1) is 0 Å². The Morgan fingerprint density at radius 2 is 2.39 bits per heavy atom. The van der Waals surface area contributed by atoms with Gasteiger partial charge < -0.3 is 15.0 Å². The summed E-state index contributed by atoms with van der Waals surface area (Å²) in [5.74, 6) is 0.561. The Balaban J connectivity index is 2.07. The lowest BCUT2D eigenvalue weighted by Gasteiger charge is -2.21. The van der Waals surface area contributed by atoms with Crippen LogP contribution in [0.4, 0.5) is 5.95 Å². The second-order valence-corrected chi connectivity index (χ2v) is 5.68. The monoisotopic (exact) mass is 309 g/mol. The SMILES string of the molecule is CC(C1CCCO1)n1c(N)nc2cc(Br)ccc21. The van der Waals surface area contributed by atoms with Crippen LogP contribution in [-0.2, 0) is 4.74 Å². The standard InChI is InChI=1S/C13H16BrN3O/c1-8(12-3-2-6-18-12)17-11-5-4-9(14)7-10(11)16-13(17)15/h4-5,7-8,12H,2-3,6H2,1H3,(H2,15,16). The Kier molecular flexibility index (Phi) is 3.03. The number of imidazole rings is 1. The zero-order valence-electron chi connectivity index (χ0n) is 10.3. The summed E-state index contributed by atoms with van der Waals surface area (Å²) in [6.45, 7) is 3.00. The largest absolute Gasteiger partial charge is 0.376 e. The molecule has 1 aromatic carbocycles. The first-order valence-corrected chi connectivity index (χ1v) is 7.00. The number of benzene rings is 1. The van der Waals surface area contributed by atoms with Crippen LogP contribution >= 0.6 is 15.9 Å². The smallest absolute Gasteiger partial charge is 0.201 e. The average Bonchev–Trinajstić information content (AvgIpc) is 2.94. The zero-order valence-corrected chi connectivity index (χ0v) is 11.9. The molecule has 2 atom stereocenters. The molecule has 1 saturated heterocycles. The van der Waals surface area contributed by atoms with Crippen molar-refractivity contribution in [2.75, 3.05) is 12.3 Å². The van der Waals surface area contributed by atoms with E-state index in [9.17, 15) is 0 Å². The minimum Gasteiger partial charge on any atom is -0.376 e. The topological polar surface area (TPSA) is 53.1 Å². The van der Waals surface area contributed by atoms with Crippen molar-refractivity contribution in [2.24, 2.45) is 0 Å². The highest BCUT2D eigenvalue weighted by Gasteiger charge is 2.26. The van der Waals surface area contributed by atoms with Gasteiger partial charge in [-0.1, -0.05) is 15.9 Å². The normalized spacial score (nSPS) is 21.6. The number of ether oxygens (including phenoxy) is 1. The van der Waals surface area contributed by atoms with Crippen molar-refractivity contribution in [3.63, 3.8) is 0 Å². The molecule has 0 spiro atoms. The third-order valence-corrected chi connectivity index (χ3v) is 4.08. The van der Waals surface area contributed by atoms with Gasteiger partial charge in [0.15, 0.2) is 0 Å². The third-order valence-electron chi connectivity index (χ3n) is 3.59. The fourth-order valence-electron chi connectivity index (χ4n) is 2.67. The van der Waals surface area contributed by atoms with Crippen molar-refractivity contribution < 1.29 is 4.74 Å². The summed E-state index contributed by atoms with van der Waals surface area (Å²) in [4.78, 5) is 4.42. The van der Waals surface area contributed by atoms with Gasteiger partial charge in [-0.25, -0.2) is 4.98 Å². The molecule has 2 N–H and O–H groups in total. The fraction of sp³-hybridized carbons (Fsp3) is 0.462. The van der Waals surface area contributed by atoms with Crippen LogP contribution in [-0.4, -0.2) is 22.3 Å². The molecule has 3 rings (SSSR count). The lowest BCUT2D eigenvalue weighted by molar-refractivity contribution is 0.0751. The average molecular weight is 310 g/mol. The summed E-state index contributed by atoms with van der Waals surface area (Å²) in [6, 6.07) is 6.28. The van der Waals surface area contributed by atoms with Crippen molar-refractivity contribution in [1.29, 1.82) is 0 Å². The number of halogens is 1. The molecule has 5 heteroatoms. The van der Waals surface area contributed by atoms with E-state index in [1.807, 2.05) is 18.2 Å². The number of nitrogens with two attached hydrogens (primary N) is 1. The van der Waals surface area contributed by atoms with Crippen LogP contribution in [0, 0.1) is 0 Å². The van der Waals surface area contributed by atoms with Crippen LogP contribution < -0.4 is 5.73 Å². The van der Waals surface area contributed by atoms with E-state index < -0.39 is 0 Å². The van der Waals surface area contributed by atoms with Crippen molar-refractivity contribution >= 4 is 32.9 Å². The summed E-state index contributed by atoms with van der Waals surface area (Å²) in [7, 11) is 0. The van der Waals surface area contributed by atoms with E-state index in [1.165, 1.54) is 0 Å². The third kappa shape index (κ3) is 1.91. The fourth-order valence-corrected chi connectivity index (χ4v) is 3.02. The summed E-state index contributed by atoms with van der Waals surface area (Å²) >= 11 is 3.45. The first-order valence-electron chi connectivity index (χ1n) is 6.21. The number of rotatable bonds is 2. The van der Waals surface area contributed by atoms with Gasteiger partial charge in [0.05, 0.1) is 23.2 Å². The first kappa shape index (κ1) is 12.0. The van der Waals surface area contributed by atoms with Crippen molar-refractivity contribution in [3.05, 3.63) is 22.7 Å². The van der Waals surface area contributed by atoms with E-state index in [2.05, 4.69) is 32.4 Å². The minimum absolute atomic E-state index is 0.221. The van der Waals surface area contributed by atoms with Gasteiger partial charge in [-0.05, 0) is 38.0 Å². The quantitative estimate of drug-likeness (QED) is 0.927. The summed E-state index contributed by atoms with van der Waals surface area (Å²) < 4.78 is 8.85. The van der Waals surface area contributed by atoms with Crippen LogP contribution in [0.15, 0.2) is 22.7 Å². The molecule has 2 aromatic rings. The van der Waals surface area contributed by atoms with Gasteiger partial charge in [-0.3, -0.25) is 0 Å². The Labute approximate surface area is 114 Å². The van der Waals surface area contributed by atoms with Crippen LogP contribution in [0.2, 0.25) is 0 Å². The zero-order chi connectivity index (χ0) is 12.7. The van der Waals surface area contributed by atoms with Crippen LogP contribution in [0.1, 0.15) is 25.8 Å². The highest BCUT2D eigenvalue weighted by atomic mass is 79.9. The summed E-state index contributed by atoms with van der Waals surface area (Å²) in [6.07, 6.45) is 2.47. The summed E-state index contributed by atoms with van der Waals surface area (Å²) in [5.41, 5.74) is 8.04. The Bertz CT molecular complexity index is 575. The Hall–Kier alpha value is -1.07. The molecule has 18 heavy (non-hydrogen) atoms. The molecule has 1 aromatic heterocycles. The molecule has 1 aliphatic heterocycles. The Morgan fingerprint density at radius 3 is 3.11 bits per heavy atom. The van der Waals surface area contributed by atoms with E-state index in [-0.39, 0.29) is 12.1 Å². The number of hydrogen-bond donors (Lipinski definition) is 1. The molecule has 4 nitrogen and oxygen atoms in total. The molecular formula is C13H16BrN3O. The van der Waals surface area contributed by atoms with Crippen molar-refractivity contribution in [3.8, 4) is 0 Å². The highest BCUT2D eigenvalue weighted by Crippen LogP contribution is 2.31. The van der Waals surface area contributed by atoms with Crippen molar-refractivity contribution in [2.45, 2.75) is 31.9 Å². The maximum absolute atomic E-state index is 6.05. The predicted octanol–water partition coefficient (Wildman–Crippen LogP) is 3.12. The number of nitrogens with zero attached hydrogens (tertiary/aromatic N) is 2. The number of nitrogen functional groups attached to an aromatic ring is 1. The van der Waals surface area contributed by atoms with E-state index in [0.29, 0.717) is 5.95 Å². The van der Waals surface area contributed by atoms with Gasteiger partial charge >= 0.3 is 0 Å². The maximum atomic E-state index is 6.05. The molecule has 0 saturated carbocycles. The van der Waals surface area contributed by atoms with Gasteiger partial charge in [-0.2, -0.15) is 0 Å². The lowest BCUT2D eigenvalue weighted by atomic mass is 10.1. The number of aromatic nitrogens is 2. The first-order chi connectivity index (χ1) is 8.66. The summed E-state index contributed by atoms with van der Waals surface area (Å²) in [5, 5.41) is 0. The van der Waals surface area contributed by atoms with Gasteiger partial charge in [0.25, 0.3) is 0 Å². The molecule has 1 fully saturated rings. The number of hydrogen-bond acceptors (Lipinski definition) is 3. The molecular weight excluding hydrogens is 294 g/mol. The van der Waals surface area contributed by atoms with Crippen molar-refractivity contribution in [1.82, 2.24) is 9.55 Å². The van der Waals surface area contributed by atoms with Crippen LogP contribution in [0.5, 0.6) is 0 Å². The molecule has 0 radical (unpaired) electrons. The molecule has 1 aliphatic rings. The molecule has 0 aliphatic carbocycles.